The van der Waals surface area contributed by atoms with Crippen molar-refractivity contribution < 1.29 is 22.1 Å². The zero-order valence-electron chi connectivity index (χ0n) is 22.0. The maximum atomic E-state index is 13.7. The van der Waals surface area contributed by atoms with Gasteiger partial charge in [-0.15, -0.1) is 0 Å². The van der Waals surface area contributed by atoms with Crippen molar-refractivity contribution >= 4 is 89.5 Å². The van der Waals surface area contributed by atoms with E-state index in [0.717, 1.165) is 5.56 Å². The van der Waals surface area contributed by atoms with E-state index in [1.54, 1.807) is 78.9 Å². The summed E-state index contributed by atoms with van der Waals surface area (Å²) in [5.74, 6) is -0.155. The Labute approximate surface area is 266 Å². The molecule has 0 aromatic heterocycles. The van der Waals surface area contributed by atoms with E-state index in [-0.39, 0.29) is 22.3 Å². The zero-order chi connectivity index (χ0) is 30.0. The van der Waals surface area contributed by atoms with Crippen LogP contribution in [-0.2, 0) is 14.9 Å². The number of benzene rings is 4. The van der Waals surface area contributed by atoms with Gasteiger partial charge in [0, 0.05) is 10.0 Å². The van der Waals surface area contributed by atoms with E-state index in [2.05, 4.69) is 15.9 Å². The number of carbonyl (C=O) groups excluding carboxylic acids is 1. The van der Waals surface area contributed by atoms with Gasteiger partial charge in [0.05, 0.1) is 27.9 Å². The van der Waals surface area contributed by atoms with Gasteiger partial charge in [0.25, 0.3) is 5.91 Å². The fourth-order valence-corrected chi connectivity index (χ4v) is 6.77. The van der Waals surface area contributed by atoms with Crippen LogP contribution in [-0.4, -0.2) is 26.6 Å². The van der Waals surface area contributed by atoms with Crippen LogP contribution < -0.4 is 13.8 Å². The lowest BCUT2D eigenvalue weighted by Gasteiger charge is -2.15. The van der Waals surface area contributed by atoms with E-state index in [1.165, 1.54) is 35.9 Å². The summed E-state index contributed by atoms with van der Waals surface area (Å²) in [7, 11) is -2.73. The van der Waals surface area contributed by atoms with Crippen LogP contribution in [0.15, 0.2) is 104 Å². The van der Waals surface area contributed by atoms with Crippen LogP contribution in [0.1, 0.15) is 11.1 Å². The van der Waals surface area contributed by atoms with Crippen molar-refractivity contribution in [1.29, 1.82) is 0 Å². The number of thioether (sulfide) groups is 1. The summed E-state index contributed by atoms with van der Waals surface area (Å²) < 4.78 is 37.1. The zero-order valence-corrected chi connectivity index (χ0v) is 26.8. The number of ether oxygens (including phenoxy) is 1. The Morgan fingerprint density at radius 3 is 2.17 bits per heavy atom. The van der Waals surface area contributed by atoms with Gasteiger partial charge in [-0.3, -0.25) is 9.69 Å². The maximum absolute atomic E-state index is 13.7. The van der Waals surface area contributed by atoms with Crippen LogP contribution in [0.5, 0.6) is 11.5 Å². The highest BCUT2D eigenvalue weighted by Crippen LogP contribution is 2.42. The number of nitrogens with zero attached hydrogens (tertiary/aromatic N) is 2. The molecule has 0 bridgehead atoms. The molecular formula is C30H21BrCl2N2O5S2. The second kappa shape index (κ2) is 12.5. The average molecular weight is 704 g/mol. The number of aliphatic imine (C=N–C) groups is 1. The first kappa shape index (κ1) is 30.2. The number of halogens is 3. The third-order valence-corrected chi connectivity index (χ3v) is 9.29. The van der Waals surface area contributed by atoms with Crippen molar-refractivity contribution in [2.45, 2.75) is 11.8 Å². The fourth-order valence-electron chi connectivity index (χ4n) is 3.91. The van der Waals surface area contributed by atoms with Crippen molar-refractivity contribution in [2.75, 3.05) is 12.0 Å². The van der Waals surface area contributed by atoms with Gasteiger partial charge in [-0.05, 0) is 119 Å². The number of amides is 1. The highest BCUT2D eigenvalue weighted by Gasteiger charge is 2.35. The number of hydrogen-bond acceptors (Lipinski definition) is 7. The Kier molecular flexibility index (Phi) is 9.00. The second-order valence-electron chi connectivity index (χ2n) is 8.98. The Bertz CT molecular complexity index is 1830. The molecule has 42 heavy (non-hydrogen) atoms. The molecule has 1 aliphatic heterocycles. The number of rotatable bonds is 7. The molecule has 0 saturated carbocycles. The average Bonchev–Trinajstić information content (AvgIpc) is 3.25. The van der Waals surface area contributed by atoms with E-state index in [9.17, 15) is 13.2 Å². The first-order valence-corrected chi connectivity index (χ1v) is 16.0. The first-order chi connectivity index (χ1) is 20.0. The molecule has 0 radical (unpaired) electrons. The van der Waals surface area contributed by atoms with Crippen LogP contribution in [0.3, 0.4) is 0 Å². The van der Waals surface area contributed by atoms with E-state index < -0.39 is 10.1 Å². The van der Waals surface area contributed by atoms with Gasteiger partial charge in [0.1, 0.15) is 4.90 Å². The minimum Gasteiger partial charge on any atom is -0.493 e. The summed E-state index contributed by atoms with van der Waals surface area (Å²) in [6.07, 6.45) is 1.67. The molecule has 0 spiro atoms. The summed E-state index contributed by atoms with van der Waals surface area (Å²) >= 11 is 16.7. The van der Waals surface area contributed by atoms with Gasteiger partial charge in [-0.25, -0.2) is 4.99 Å². The number of carbonyl (C=O) groups is 1. The van der Waals surface area contributed by atoms with Gasteiger partial charge in [-0.1, -0.05) is 40.9 Å². The summed E-state index contributed by atoms with van der Waals surface area (Å²) in [5, 5.41) is 1.54. The van der Waals surface area contributed by atoms with Crippen molar-refractivity contribution in [3.63, 3.8) is 0 Å². The quantitative estimate of drug-likeness (QED) is 0.142. The van der Waals surface area contributed by atoms with Gasteiger partial charge in [0.2, 0.25) is 0 Å². The number of aryl methyl sites for hydroxylation is 1. The van der Waals surface area contributed by atoms with Crippen LogP contribution in [0.2, 0.25) is 10.0 Å². The summed E-state index contributed by atoms with van der Waals surface area (Å²) in [6.45, 7) is 1.86. The molecule has 0 unspecified atom stereocenters. The summed E-state index contributed by atoms with van der Waals surface area (Å²) in [6, 6.07) is 23.4. The predicted octanol–water partition coefficient (Wildman–Crippen LogP) is 8.65. The lowest BCUT2D eigenvalue weighted by molar-refractivity contribution is -0.113. The minimum atomic E-state index is -4.13. The van der Waals surface area contributed by atoms with Gasteiger partial charge >= 0.3 is 10.1 Å². The molecule has 214 valence electrons. The van der Waals surface area contributed by atoms with E-state index in [4.69, 9.17) is 37.1 Å². The number of amidine groups is 1. The molecule has 4 aromatic carbocycles. The van der Waals surface area contributed by atoms with Crippen LogP contribution >= 0.6 is 50.9 Å². The molecule has 0 atom stereocenters. The molecule has 1 amide bonds. The Morgan fingerprint density at radius 1 is 0.929 bits per heavy atom. The van der Waals surface area contributed by atoms with Crippen molar-refractivity contribution in [3.8, 4) is 11.5 Å². The minimum absolute atomic E-state index is 0.0102. The van der Waals surface area contributed by atoms with Gasteiger partial charge in [0.15, 0.2) is 16.7 Å². The summed E-state index contributed by atoms with van der Waals surface area (Å²) in [4.78, 5) is 20.3. The largest absolute Gasteiger partial charge is 0.493 e. The lowest BCUT2D eigenvalue weighted by atomic mass is 10.2. The molecule has 4 aromatic rings. The molecule has 1 heterocycles. The molecule has 1 saturated heterocycles. The third-order valence-electron chi connectivity index (χ3n) is 5.99. The van der Waals surface area contributed by atoms with Crippen LogP contribution in [0.4, 0.5) is 11.4 Å². The Hall–Kier alpha value is -3.28. The molecular weight excluding hydrogens is 683 g/mol. The highest BCUT2D eigenvalue weighted by atomic mass is 79.9. The Balaban J connectivity index is 1.51. The number of hydrogen-bond donors (Lipinski definition) is 0. The smallest absolute Gasteiger partial charge is 0.339 e. The monoisotopic (exact) mass is 702 g/mol. The SMILES string of the molecule is COc1cc(/C=C2\SC(=Nc3ccc(Cl)cc3)N(c3ccc(Cl)cc3)C2=O)cc(Br)c1OS(=O)(=O)c1ccc(C)cc1. The van der Waals surface area contributed by atoms with E-state index in [0.29, 0.717) is 41.5 Å². The molecule has 0 aliphatic carbocycles. The van der Waals surface area contributed by atoms with Crippen LogP contribution in [0, 0.1) is 6.92 Å². The van der Waals surface area contributed by atoms with Crippen molar-refractivity contribution in [1.82, 2.24) is 0 Å². The van der Waals surface area contributed by atoms with Crippen molar-refractivity contribution in [3.05, 3.63) is 115 Å². The molecule has 5 rings (SSSR count). The van der Waals surface area contributed by atoms with E-state index in [1.807, 2.05) is 6.92 Å². The fraction of sp³-hybridized carbons (Fsp3) is 0.0667. The van der Waals surface area contributed by atoms with Gasteiger partial charge in [-0.2, -0.15) is 8.42 Å². The molecule has 7 nitrogen and oxygen atoms in total. The van der Waals surface area contributed by atoms with Crippen LogP contribution in [0.25, 0.3) is 6.08 Å². The normalized spacial score (nSPS) is 15.5. The first-order valence-electron chi connectivity index (χ1n) is 12.3. The molecule has 1 aliphatic rings. The summed E-state index contributed by atoms with van der Waals surface area (Å²) in [5.41, 5.74) is 2.70. The third kappa shape index (κ3) is 6.68. The number of methoxy groups -OCH3 is 1. The maximum Gasteiger partial charge on any atom is 0.339 e. The predicted molar refractivity (Wildman–Crippen MR) is 173 cm³/mol. The molecule has 0 N–H and O–H groups in total. The van der Waals surface area contributed by atoms with E-state index >= 15 is 0 Å². The standard InChI is InChI=1S/C30H21BrCl2N2O5S2/c1-18-3-13-24(14-4-18)42(37,38)40-28-25(31)15-19(16-26(28)39-2)17-27-29(36)35(23-11-7-21(33)8-12-23)30(41-27)34-22-9-5-20(32)6-10-22/h3-17H,1-2H3/b27-17-,34-30?. The lowest BCUT2D eigenvalue weighted by Crippen LogP contribution is -2.28. The van der Waals surface area contributed by atoms with Gasteiger partial charge < -0.3 is 8.92 Å². The molecule has 12 heteroatoms. The second-order valence-corrected chi connectivity index (χ2v) is 13.3. The Morgan fingerprint density at radius 2 is 1.55 bits per heavy atom. The number of anilines is 1. The highest BCUT2D eigenvalue weighted by molar-refractivity contribution is 9.10. The topological polar surface area (TPSA) is 85.3 Å². The molecule has 1 fully saturated rings. The van der Waals surface area contributed by atoms with Crippen molar-refractivity contribution in [2.24, 2.45) is 4.99 Å².